The average molecular weight is 278 g/mol. The first-order valence-corrected chi connectivity index (χ1v) is 7.48. The van der Waals surface area contributed by atoms with Crippen LogP contribution in [0.25, 0.3) is 11.4 Å². The molecule has 94 valence electrons. The fourth-order valence-electron chi connectivity index (χ4n) is 2.04. The molecule has 0 atom stereocenters. The largest absolute Gasteiger partial charge is 0.299 e. The zero-order valence-corrected chi connectivity index (χ0v) is 11.7. The summed E-state index contributed by atoms with van der Waals surface area (Å²) in [7, 11) is 0. The smallest absolute Gasteiger partial charge is 0.195 e. The Morgan fingerprint density at radius 3 is 2.78 bits per heavy atom. The van der Waals surface area contributed by atoms with Gasteiger partial charge < -0.3 is 0 Å². The monoisotopic (exact) mass is 278 g/mol. The number of hydrogen-bond acceptors (Lipinski definition) is 4. The first kappa shape index (κ1) is 11.9. The van der Waals surface area contributed by atoms with Crippen LogP contribution >= 0.6 is 24.0 Å². The summed E-state index contributed by atoms with van der Waals surface area (Å²) >= 11 is 7.26. The molecule has 0 amide bonds. The fraction of sp³-hybridized carbons (Fsp3) is 0.417. The fourth-order valence-corrected chi connectivity index (χ4v) is 3.01. The lowest BCUT2D eigenvalue weighted by Gasteiger charge is -2.14. The van der Waals surface area contributed by atoms with Crippen LogP contribution in [0.2, 0.25) is 0 Å². The molecule has 1 aliphatic rings. The van der Waals surface area contributed by atoms with Gasteiger partial charge in [0, 0.05) is 29.2 Å². The number of hydrogen-bond donors (Lipinski definition) is 1. The molecule has 0 bridgehead atoms. The van der Waals surface area contributed by atoms with Crippen molar-refractivity contribution in [2.75, 3.05) is 6.26 Å². The molecule has 0 radical (unpaired) electrons. The van der Waals surface area contributed by atoms with E-state index < -0.39 is 0 Å². The molecule has 1 fully saturated rings. The molecule has 0 spiro atoms. The summed E-state index contributed by atoms with van der Waals surface area (Å²) < 4.78 is 3.17. The van der Waals surface area contributed by atoms with Crippen molar-refractivity contribution in [1.82, 2.24) is 19.7 Å². The Hall–Kier alpha value is -1.14. The highest BCUT2D eigenvalue weighted by molar-refractivity contribution is 8.00. The summed E-state index contributed by atoms with van der Waals surface area (Å²) in [6, 6.07) is 3.92. The standard InChI is InChI=1S/C12H14N4S2/c1-18-12(4-5-12)8-16-10(14-15-11(16)17)9-2-6-13-7-3-9/h2-3,6-7H,4-5,8H2,1H3,(H,15,17). The number of aromatic nitrogens is 4. The Balaban J connectivity index is 2.00. The first-order chi connectivity index (χ1) is 8.74. The molecule has 1 aliphatic carbocycles. The molecular weight excluding hydrogens is 264 g/mol. The predicted molar refractivity (Wildman–Crippen MR) is 76.1 cm³/mol. The van der Waals surface area contributed by atoms with E-state index in [-0.39, 0.29) is 0 Å². The number of aromatic amines is 1. The summed E-state index contributed by atoms with van der Waals surface area (Å²) in [4.78, 5) is 4.03. The maximum atomic E-state index is 5.34. The summed E-state index contributed by atoms with van der Waals surface area (Å²) in [5.74, 6) is 0.905. The lowest BCUT2D eigenvalue weighted by Crippen LogP contribution is -2.14. The van der Waals surface area contributed by atoms with Gasteiger partial charge in [0.25, 0.3) is 0 Å². The third kappa shape index (κ3) is 2.10. The van der Waals surface area contributed by atoms with Gasteiger partial charge in [0.05, 0.1) is 0 Å². The van der Waals surface area contributed by atoms with Gasteiger partial charge in [-0.05, 0) is 43.4 Å². The number of nitrogens with one attached hydrogen (secondary N) is 1. The molecule has 2 heterocycles. The van der Waals surface area contributed by atoms with Crippen molar-refractivity contribution >= 4 is 24.0 Å². The quantitative estimate of drug-likeness (QED) is 0.874. The highest BCUT2D eigenvalue weighted by atomic mass is 32.2. The van der Waals surface area contributed by atoms with Crippen molar-refractivity contribution in [3.05, 3.63) is 29.3 Å². The normalized spacial score (nSPS) is 16.7. The minimum absolute atomic E-state index is 0.365. The van der Waals surface area contributed by atoms with E-state index in [0.717, 1.165) is 17.9 Å². The highest BCUT2D eigenvalue weighted by Gasteiger charge is 2.42. The van der Waals surface area contributed by atoms with E-state index in [1.165, 1.54) is 12.8 Å². The topological polar surface area (TPSA) is 46.5 Å². The third-order valence-corrected chi connectivity index (χ3v) is 5.10. The Morgan fingerprint density at radius 2 is 2.17 bits per heavy atom. The van der Waals surface area contributed by atoms with Gasteiger partial charge in [-0.2, -0.15) is 16.9 Å². The lowest BCUT2D eigenvalue weighted by atomic mass is 10.2. The molecule has 18 heavy (non-hydrogen) atoms. The van der Waals surface area contributed by atoms with Gasteiger partial charge in [-0.1, -0.05) is 0 Å². The maximum absolute atomic E-state index is 5.34. The Morgan fingerprint density at radius 1 is 1.44 bits per heavy atom. The second-order valence-corrected chi connectivity index (χ2v) is 6.22. The molecule has 0 aliphatic heterocycles. The molecule has 0 aromatic carbocycles. The molecular formula is C12H14N4S2. The maximum Gasteiger partial charge on any atom is 0.195 e. The molecule has 0 unspecified atom stereocenters. The second-order valence-electron chi connectivity index (χ2n) is 4.56. The van der Waals surface area contributed by atoms with E-state index in [2.05, 4.69) is 26.0 Å². The zero-order chi connectivity index (χ0) is 12.6. The Labute approximate surface area is 115 Å². The van der Waals surface area contributed by atoms with Gasteiger partial charge in [-0.25, -0.2) is 0 Å². The number of thioether (sulfide) groups is 1. The summed E-state index contributed by atoms with van der Waals surface area (Å²) in [5.41, 5.74) is 1.05. The van der Waals surface area contributed by atoms with Gasteiger partial charge in [0.1, 0.15) is 0 Å². The van der Waals surface area contributed by atoms with Crippen molar-refractivity contribution in [2.24, 2.45) is 0 Å². The van der Waals surface area contributed by atoms with E-state index in [4.69, 9.17) is 12.2 Å². The minimum Gasteiger partial charge on any atom is -0.299 e. The van der Waals surface area contributed by atoms with E-state index in [9.17, 15) is 0 Å². The molecule has 1 saturated carbocycles. The van der Waals surface area contributed by atoms with Crippen LogP contribution in [0.5, 0.6) is 0 Å². The second kappa shape index (κ2) is 4.51. The van der Waals surface area contributed by atoms with E-state index in [1.54, 1.807) is 12.4 Å². The number of rotatable bonds is 4. The van der Waals surface area contributed by atoms with Crippen LogP contribution < -0.4 is 0 Å². The highest BCUT2D eigenvalue weighted by Crippen LogP contribution is 2.48. The van der Waals surface area contributed by atoms with Gasteiger partial charge in [0.2, 0.25) is 0 Å². The summed E-state index contributed by atoms with van der Waals surface area (Å²) in [5, 5.41) is 7.24. The van der Waals surface area contributed by atoms with Crippen molar-refractivity contribution in [3.8, 4) is 11.4 Å². The molecule has 6 heteroatoms. The number of pyridine rings is 1. The Kier molecular flexibility index (Phi) is 2.99. The van der Waals surface area contributed by atoms with Crippen molar-refractivity contribution in [3.63, 3.8) is 0 Å². The van der Waals surface area contributed by atoms with E-state index in [0.29, 0.717) is 9.52 Å². The molecule has 0 saturated heterocycles. The summed E-state index contributed by atoms with van der Waals surface area (Å²) in [6.07, 6.45) is 8.24. The van der Waals surface area contributed by atoms with Crippen molar-refractivity contribution in [2.45, 2.75) is 24.1 Å². The van der Waals surface area contributed by atoms with Crippen LogP contribution in [-0.2, 0) is 6.54 Å². The lowest BCUT2D eigenvalue weighted by molar-refractivity contribution is 0.657. The molecule has 2 aromatic rings. The predicted octanol–water partition coefficient (Wildman–Crippen LogP) is 2.90. The van der Waals surface area contributed by atoms with Gasteiger partial charge in [-0.15, -0.1) is 0 Å². The molecule has 1 N–H and O–H groups in total. The van der Waals surface area contributed by atoms with Gasteiger partial charge in [-0.3, -0.25) is 14.6 Å². The molecule has 4 nitrogen and oxygen atoms in total. The van der Waals surface area contributed by atoms with Gasteiger partial charge in [0.15, 0.2) is 10.6 Å². The van der Waals surface area contributed by atoms with Crippen LogP contribution in [0.15, 0.2) is 24.5 Å². The first-order valence-electron chi connectivity index (χ1n) is 5.85. The van der Waals surface area contributed by atoms with E-state index >= 15 is 0 Å². The number of H-pyrrole nitrogens is 1. The van der Waals surface area contributed by atoms with Crippen LogP contribution in [0.1, 0.15) is 12.8 Å². The van der Waals surface area contributed by atoms with Crippen LogP contribution in [0.4, 0.5) is 0 Å². The minimum atomic E-state index is 0.365. The van der Waals surface area contributed by atoms with Crippen LogP contribution in [-0.4, -0.2) is 30.8 Å². The Bertz CT molecular complexity index is 598. The number of nitrogens with zero attached hydrogens (tertiary/aromatic N) is 3. The molecule has 2 aromatic heterocycles. The van der Waals surface area contributed by atoms with Crippen LogP contribution in [0, 0.1) is 4.77 Å². The average Bonchev–Trinajstić information content (AvgIpc) is 3.10. The van der Waals surface area contributed by atoms with E-state index in [1.807, 2.05) is 23.9 Å². The SMILES string of the molecule is CSC1(Cn2c(-c3ccncc3)n[nH]c2=S)CC1. The van der Waals surface area contributed by atoms with Crippen molar-refractivity contribution < 1.29 is 0 Å². The zero-order valence-electron chi connectivity index (χ0n) is 10.1. The van der Waals surface area contributed by atoms with Gasteiger partial charge >= 0.3 is 0 Å². The summed E-state index contributed by atoms with van der Waals surface area (Å²) in [6.45, 7) is 0.932. The van der Waals surface area contributed by atoms with Crippen LogP contribution in [0.3, 0.4) is 0 Å². The molecule has 3 rings (SSSR count). The third-order valence-electron chi connectivity index (χ3n) is 3.38. The van der Waals surface area contributed by atoms with Crippen molar-refractivity contribution in [1.29, 1.82) is 0 Å².